The van der Waals surface area contributed by atoms with Crippen LogP contribution < -0.4 is 10.6 Å². The maximum absolute atomic E-state index is 13.7. The second kappa shape index (κ2) is 7.66. The molecule has 0 fully saturated rings. The van der Waals surface area contributed by atoms with Gasteiger partial charge in [-0.2, -0.15) is 18.3 Å². The molecule has 1 aromatic heterocycles. The largest absolute Gasteiger partial charge is 0.410 e. The van der Waals surface area contributed by atoms with E-state index in [0.717, 1.165) is 10.2 Å². The number of aryl methyl sites for hydroxylation is 1. The Bertz CT molecular complexity index is 861. The fourth-order valence-corrected chi connectivity index (χ4v) is 3.40. The zero-order chi connectivity index (χ0) is 20.6. The summed E-state index contributed by atoms with van der Waals surface area (Å²) in [7, 11) is 0. The van der Waals surface area contributed by atoms with Gasteiger partial charge in [0, 0.05) is 13.0 Å². The first-order chi connectivity index (χ1) is 13.1. The van der Waals surface area contributed by atoms with Crippen LogP contribution in [0.5, 0.6) is 0 Å². The number of nitrogens with one attached hydrogen (secondary N) is 2. The van der Waals surface area contributed by atoms with Crippen LogP contribution in [0.2, 0.25) is 5.02 Å². The highest BCUT2D eigenvalue weighted by Crippen LogP contribution is 2.46. The van der Waals surface area contributed by atoms with Crippen LogP contribution in [0, 0.1) is 12.8 Å². The number of amides is 1. The number of halogens is 4. The number of fused-ring (bicyclic) bond motifs is 1. The minimum absolute atomic E-state index is 0.00973. The van der Waals surface area contributed by atoms with Crippen molar-refractivity contribution in [2.24, 2.45) is 5.92 Å². The van der Waals surface area contributed by atoms with Gasteiger partial charge in [0.25, 0.3) is 5.91 Å². The molecule has 0 bridgehead atoms. The van der Waals surface area contributed by atoms with E-state index < -0.39 is 24.2 Å². The lowest BCUT2D eigenvalue weighted by molar-refractivity contribution is -0.173. The number of carbonyl (C=O) groups excluding carboxylic acids is 1. The van der Waals surface area contributed by atoms with E-state index in [1.807, 2.05) is 32.9 Å². The summed E-state index contributed by atoms with van der Waals surface area (Å²) in [4.78, 5) is 12.4. The average Bonchev–Trinajstić information content (AvgIpc) is 2.95. The highest BCUT2D eigenvalue weighted by Gasteiger charge is 2.47. The van der Waals surface area contributed by atoms with Crippen LogP contribution in [0.3, 0.4) is 0 Å². The predicted molar refractivity (Wildman–Crippen MR) is 102 cm³/mol. The molecule has 28 heavy (non-hydrogen) atoms. The summed E-state index contributed by atoms with van der Waals surface area (Å²) in [5, 5.41) is 9.48. The maximum atomic E-state index is 13.7. The molecule has 2 heterocycles. The van der Waals surface area contributed by atoms with Gasteiger partial charge in [0.2, 0.25) is 0 Å². The van der Waals surface area contributed by atoms with Crippen LogP contribution in [0.4, 0.5) is 19.0 Å². The third-order valence-electron chi connectivity index (χ3n) is 4.66. The number of carbonyl (C=O) groups is 1. The van der Waals surface area contributed by atoms with E-state index in [2.05, 4.69) is 15.7 Å². The molecule has 0 unspecified atom stereocenters. The Labute approximate surface area is 166 Å². The van der Waals surface area contributed by atoms with Gasteiger partial charge in [-0.05, 0) is 18.4 Å². The fraction of sp³-hybridized carbons (Fsp3) is 0.474. The van der Waals surface area contributed by atoms with Gasteiger partial charge >= 0.3 is 6.18 Å². The molecular formula is C19H22ClF3N4O. The summed E-state index contributed by atoms with van der Waals surface area (Å²) in [5.74, 6) is -0.391. The summed E-state index contributed by atoms with van der Waals surface area (Å²) < 4.78 is 42.0. The minimum Gasteiger partial charge on any atom is -0.362 e. The number of alkyl halides is 3. The molecule has 152 valence electrons. The monoisotopic (exact) mass is 414 g/mol. The van der Waals surface area contributed by atoms with Crippen molar-refractivity contribution in [3.8, 4) is 0 Å². The van der Waals surface area contributed by atoms with Crippen molar-refractivity contribution in [2.45, 2.75) is 45.5 Å². The Morgan fingerprint density at radius 2 is 2.00 bits per heavy atom. The second-order valence-corrected chi connectivity index (χ2v) is 7.84. The molecule has 1 aromatic carbocycles. The first-order valence-corrected chi connectivity index (χ1v) is 9.41. The number of rotatable bonds is 4. The van der Waals surface area contributed by atoms with Crippen LogP contribution in [0.15, 0.2) is 24.3 Å². The first kappa shape index (κ1) is 20.5. The summed E-state index contributed by atoms with van der Waals surface area (Å²) in [6.07, 6.45) is -4.77. The molecule has 2 atom stereocenters. The van der Waals surface area contributed by atoms with E-state index in [4.69, 9.17) is 11.6 Å². The Hall–Kier alpha value is -2.22. The minimum atomic E-state index is -4.53. The molecule has 9 heteroatoms. The molecule has 0 saturated carbocycles. The van der Waals surface area contributed by atoms with Crippen molar-refractivity contribution in [2.75, 3.05) is 11.9 Å². The van der Waals surface area contributed by atoms with Crippen molar-refractivity contribution in [1.82, 2.24) is 15.1 Å². The molecule has 0 saturated heterocycles. The molecule has 3 rings (SSSR count). The van der Waals surface area contributed by atoms with Crippen LogP contribution in [-0.2, 0) is 0 Å². The average molecular weight is 415 g/mol. The fourth-order valence-electron chi connectivity index (χ4n) is 3.13. The van der Waals surface area contributed by atoms with Gasteiger partial charge in [-0.15, -0.1) is 0 Å². The van der Waals surface area contributed by atoms with Crippen molar-refractivity contribution >= 4 is 23.3 Å². The molecular weight excluding hydrogens is 393 g/mol. The van der Waals surface area contributed by atoms with Crippen molar-refractivity contribution in [1.29, 1.82) is 0 Å². The lowest BCUT2D eigenvalue weighted by Gasteiger charge is -2.33. The van der Waals surface area contributed by atoms with Gasteiger partial charge < -0.3 is 10.6 Å². The molecule has 0 aliphatic carbocycles. The SMILES string of the molecule is Cc1ccc([C@@H]2C[C@H](C(F)(F)F)n3nc(C(=O)NCC(C)C)c(Cl)c3N2)cc1. The molecule has 5 nitrogen and oxygen atoms in total. The number of nitrogens with zero attached hydrogens (tertiary/aromatic N) is 2. The molecule has 0 spiro atoms. The molecule has 1 amide bonds. The quantitative estimate of drug-likeness (QED) is 0.748. The normalized spacial score (nSPS) is 19.3. The van der Waals surface area contributed by atoms with E-state index in [0.29, 0.717) is 12.1 Å². The summed E-state index contributed by atoms with van der Waals surface area (Å²) in [5.41, 5.74) is 1.52. The highest BCUT2D eigenvalue weighted by molar-refractivity contribution is 6.36. The Kier molecular flexibility index (Phi) is 5.61. The van der Waals surface area contributed by atoms with E-state index in [1.54, 1.807) is 12.1 Å². The van der Waals surface area contributed by atoms with Gasteiger partial charge in [-0.25, -0.2) is 4.68 Å². The van der Waals surface area contributed by atoms with Gasteiger partial charge in [-0.3, -0.25) is 4.79 Å². The standard InChI is InChI=1S/C19H22ClF3N4O/c1-10(2)9-24-18(28)16-15(20)17-25-13(12-6-4-11(3)5-7-12)8-14(19(21,22)23)27(17)26-16/h4-7,10,13-14,25H,8-9H2,1-3H3,(H,24,28)/t13-,14+/m0/s1. The lowest BCUT2D eigenvalue weighted by atomic mass is 9.96. The third-order valence-corrected chi connectivity index (χ3v) is 5.02. The maximum Gasteiger partial charge on any atom is 0.410 e. The zero-order valence-corrected chi connectivity index (χ0v) is 16.5. The number of anilines is 1. The zero-order valence-electron chi connectivity index (χ0n) is 15.8. The molecule has 0 radical (unpaired) electrons. The summed E-state index contributed by atoms with van der Waals surface area (Å²) in [6, 6.07) is 4.79. The van der Waals surface area contributed by atoms with E-state index in [-0.39, 0.29) is 28.9 Å². The van der Waals surface area contributed by atoms with Crippen molar-refractivity contribution in [3.05, 3.63) is 46.1 Å². The number of hydrogen-bond acceptors (Lipinski definition) is 3. The van der Waals surface area contributed by atoms with Gasteiger partial charge in [0.05, 0.1) is 6.04 Å². The van der Waals surface area contributed by atoms with Gasteiger partial charge in [0.15, 0.2) is 11.7 Å². The summed E-state index contributed by atoms with van der Waals surface area (Å²) >= 11 is 6.27. The van der Waals surface area contributed by atoms with Crippen molar-refractivity contribution in [3.63, 3.8) is 0 Å². The van der Waals surface area contributed by atoms with Crippen LogP contribution in [-0.4, -0.2) is 28.4 Å². The number of aromatic nitrogens is 2. The van der Waals surface area contributed by atoms with E-state index in [9.17, 15) is 18.0 Å². The molecule has 1 aliphatic rings. The van der Waals surface area contributed by atoms with Crippen LogP contribution >= 0.6 is 11.6 Å². The highest BCUT2D eigenvalue weighted by atomic mass is 35.5. The topological polar surface area (TPSA) is 59.0 Å². The second-order valence-electron chi connectivity index (χ2n) is 7.46. The van der Waals surface area contributed by atoms with E-state index in [1.165, 1.54) is 0 Å². The van der Waals surface area contributed by atoms with Crippen LogP contribution in [0.1, 0.15) is 54.0 Å². The molecule has 2 N–H and O–H groups in total. The summed E-state index contributed by atoms with van der Waals surface area (Å²) in [6.45, 7) is 6.10. The number of hydrogen-bond donors (Lipinski definition) is 2. The predicted octanol–water partition coefficient (Wildman–Crippen LogP) is 4.89. The molecule has 1 aliphatic heterocycles. The lowest BCUT2D eigenvalue weighted by Crippen LogP contribution is -2.36. The Balaban J connectivity index is 1.98. The number of benzene rings is 1. The van der Waals surface area contributed by atoms with Gasteiger partial charge in [0.1, 0.15) is 10.8 Å². The Morgan fingerprint density at radius 1 is 1.36 bits per heavy atom. The smallest absolute Gasteiger partial charge is 0.362 e. The Morgan fingerprint density at radius 3 is 2.57 bits per heavy atom. The molecule has 2 aromatic rings. The van der Waals surface area contributed by atoms with E-state index >= 15 is 0 Å². The van der Waals surface area contributed by atoms with Crippen molar-refractivity contribution < 1.29 is 18.0 Å². The van der Waals surface area contributed by atoms with Gasteiger partial charge in [-0.1, -0.05) is 55.3 Å². The third kappa shape index (κ3) is 4.11. The first-order valence-electron chi connectivity index (χ1n) is 9.04. The van der Waals surface area contributed by atoms with Crippen LogP contribution in [0.25, 0.3) is 0 Å².